The molecule has 0 saturated carbocycles. The second-order valence-electron chi connectivity index (χ2n) is 8.57. The molecule has 0 aliphatic heterocycles. The Balaban J connectivity index is 1.53. The van der Waals surface area contributed by atoms with Gasteiger partial charge in [0.05, 0.1) is 47.4 Å². The van der Waals surface area contributed by atoms with E-state index in [-0.39, 0.29) is 47.3 Å². The van der Waals surface area contributed by atoms with E-state index in [1.807, 2.05) is 0 Å². The second kappa shape index (κ2) is 13.8. The zero-order valence-corrected chi connectivity index (χ0v) is 23.4. The number of benzene rings is 3. The van der Waals surface area contributed by atoms with Crippen molar-refractivity contribution >= 4 is 46.1 Å². The summed E-state index contributed by atoms with van der Waals surface area (Å²) in [6.45, 7) is 0.201. The molecule has 4 aromatic rings. The van der Waals surface area contributed by atoms with E-state index >= 15 is 0 Å². The van der Waals surface area contributed by atoms with Gasteiger partial charge in [0.2, 0.25) is 0 Å². The average Bonchev–Trinajstić information content (AvgIpc) is 3.55. The Morgan fingerprint density at radius 3 is 2.19 bits per heavy atom. The molecule has 4 rings (SSSR count). The lowest BCUT2D eigenvalue weighted by Crippen LogP contribution is -2.27. The van der Waals surface area contributed by atoms with E-state index in [4.69, 9.17) is 14.2 Å². The molecule has 12 nitrogen and oxygen atoms in total. The highest BCUT2D eigenvalue weighted by Crippen LogP contribution is 2.29. The maximum atomic E-state index is 13.4. The molecule has 0 aliphatic carbocycles. The number of methoxy groups -OCH3 is 2. The van der Waals surface area contributed by atoms with Crippen LogP contribution in [0.3, 0.4) is 0 Å². The maximum absolute atomic E-state index is 13.4. The highest BCUT2D eigenvalue weighted by atomic mass is 32.1. The number of hydrogen-bond donors (Lipinski definition) is 3. The monoisotopic (exact) mass is 590 g/mol. The first-order valence-corrected chi connectivity index (χ1v) is 13.3. The highest BCUT2D eigenvalue weighted by molar-refractivity contribution is 7.12. The minimum atomic E-state index is -0.686. The number of thiophene rings is 1. The highest BCUT2D eigenvalue weighted by Gasteiger charge is 2.21. The first kappa shape index (κ1) is 29.6. The summed E-state index contributed by atoms with van der Waals surface area (Å²) < 4.78 is 16.2. The predicted molar refractivity (Wildman–Crippen MR) is 157 cm³/mol. The lowest BCUT2D eigenvalue weighted by molar-refractivity contribution is -0.384. The number of nitrogens with one attached hydrogen (secondary N) is 3. The Kier molecular flexibility index (Phi) is 9.69. The molecule has 0 bridgehead atoms. The van der Waals surface area contributed by atoms with Gasteiger partial charge in [0.1, 0.15) is 23.9 Å². The van der Waals surface area contributed by atoms with Crippen molar-refractivity contribution in [2.24, 2.45) is 0 Å². The van der Waals surface area contributed by atoms with E-state index in [1.165, 1.54) is 49.8 Å². The number of amides is 3. The lowest BCUT2D eigenvalue weighted by Gasteiger charge is -2.15. The molecule has 3 amide bonds. The van der Waals surface area contributed by atoms with Crippen molar-refractivity contribution in [1.29, 1.82) is 0 Å². The van der Waals surface area contributed by atoms with E-state index in [1.54, 1.807) is 47.8 Å². The smallest absolute Gasteiger partial charge is 0.271 e. The molecule has 0 aliphatic rings. The van der Waals surface area contributed by atoms with Crippen molar-refractivity contribution in [3.05, 3.63) is 104 Å². The van der Waals surface area contributed by atoms with E-state index in [0.717, 1.165) is 6.07 Å². The molecule has 1 aromatic heterocycles. The number of non-ortho nitro benzene ring substituents is 1. The molecule has 0 spiro atoms. The van der Waals surface area contributed by atoms with Crippen LogP contribution in [0.1, 0.15) is 30.4 Å². The van der Waals surface area contributed by atoms with Gasteiger partial charge >= 0.3 is 0 Å². The maximum Gasteiger partial charge on any atom is 0.271 e. The third kappa shape index (κ3) is 7.40. The van der Waals surface area contributed by atoms with Crippen LogP contribution in [0.4, 0.5) is 17.1 Å². The molecule has 3 N–H and O–H groups in total. The molecular formula is C29H26N4O8S. The number of nitro benzene ring substituents is 1. The van der Waals surface area contributed by atoms with Crippen molar-refractivity contribution in [3.8, 4) is 17.2 Å². The van der Waals surface area contributed by atoms with Crippen LogP contribution in [0, 0.1) is 10.1 Å². The number of hydrogen-bond acceptors (Lipinski definition) is 9. The number of rotatable bonds is 12. The summed E-state index contributed by atoms with van der Waals surface area (Å²) in [5.74, 6) is -0.375. The summed E-state index contributed by atoms with van der Waals surface area (Å²) in [6, 6.07) is 18.1. The van der Waals surface area contributed by atoms with Crippen molar-refractivity contribution in [3.63, 3.8) is 0 Å². The molecule has 0 saturated heterocycles. The summed E-state index contributed by atoms with van der Waals surface area (Å²) in [6.07, 6.45) is 0. The molecule has 0 atom stereocenters. The molecule has 42 heavy (non-hydrogen) atoms. The van der Waals surface area contributed by atoms with Crippen LogP contribution in [0.5, 0.6) is 17.2 Å². The Labute approximate surface area is 244 Å². The van der Waals surface area contributed by atoms with E-state index < -0.39 is 16.7 Å². The quantitative estimate of drug-likeness (QED) is 0.118. The summed E-state index contributed by atoms with van der Waals surface area (Å²) in [5, 5.41) is 21.3. The van der Waals surface area contributed by atoms with Crippen molar-refractivity contribution in [1.82, 2.24) is 5.32 Å². The van der Waals surface area contributed by atoms with Gasteiger partial charge in [-0.05, 0) is 53.9 Å². The fraction of sp³-hybridized carbons (Fsp3) is 0.138. The van der Waals surface area contributed by atoms with Crippen LogP contribution in [-0.2, 0) is 0 Å². The zero-order chi connectivity index (χ0) is 30.1. The third-order valence-corrected chi connectivity index (χ3v) is 6.75. The van der Waals surface area contributed by atoms with Crippen LogP contribution >= 0.6 is 11.3 Å². The molecule has 0 fully saturated rings. The molecular weight excluding hydrogens is 564 g/mol. The lowest BCUT2D eigenvalue weighted by atomic mass is 10.1. The van der Waals surface area contributed by atoms with Crippen LogP contribution in [0.2, 0.25) is 0 Å². The van der Waals surface area contributed by atoms with Gasteiger partial charge in [-0.25, -0.2) is 0 Å². The summed E-state index contributed by atoms with van der Waals surface area (Å²) >= 11 is 1.31. The molecule has 3 aromatic carbocycles. The number of anilines is 2. The van der Waals surface area contributed by atoms with Crippen LogP contribution in [0.25, 0.3) is 0 Å². The van der Waals surface area contributed by atoms with Crippen LogP contribution in [0.15, 0.2) is 78.2 Å². The first-order valence-electron chi connectivity index (χ1n) is 12.5. The van der Waals surface area contributed by atoms with Crippen molar-refractivity contribution in [2.45, 2.75) is 0 Å². The molecule has 216 valence electrons. The van der Waals surface area contributed by atoms with Crippen LogP contribution in [-0.4, -0.2) is 50.0 Å². The van der Waals surface area contributed by atoms with Gasteiger partial charge in [-0.1, -0.05) is 6.07 Å². The second-order valence-corrected chi connectivity index (χ2v) is 9.52. The SMILES string of the molecule is COc1ccc(NC(=O)c2ccc([N+](=O)[O-])cc2NC(=O)c2ccc(OC)cc2OCCNC(=O)c2cccs2)cc1. The summed E-state index contributed by atoms with van der Waals surface area (Å²) in [5.41, 5.74) is 0.128. The Bertz CT molecular complexity index is 1590. The molecule has 1 heterocycles. The van der Waals surface area contributed by atoms with Gasteiger partial charge in [0, 0.05) is 23.9 Å². The summed E-state index contributed by atoms with van der Waals surface area (Å²) in [7, 11) is 2.97. The minimum absolute atomic E-state index is 0.00274. The number of carbonyl (C=O) groups is 3. The molecule has 0 radical (unpaired) electrons. The number of ether oxygens (including phenoxy) is 3. The van der Waals surface area contributed by atoms with Crippen molar-refractivity contribution < 1.29 is 33.5 Å². The van der Waals surface area contributed by atoms with Gasteiger partial charge < -0.3 is 30.2 Å². The number of nitrogens with zero attached hydrogens (tertiary/aromatic N) is 1. The molecule has 0 unspecified atom stereocenters. The van der Waals surface area contributed by atoms with Crippen molar-refractivity contribution in [2.75, 3.05) is 38.0 Å². The van der Waals surface area contributed by atoms with Gasteiger partial charge in [-0.15, -0.1) is 11.3 Å². The Hall–Kier alpha value is -5.43. The van der Waals surface area contributed by atoms with Gasteiger partial charge in [0.25, 0.3) is 23.4 Å². The van der Waals surface area contributed by atoms with E-state index in [9.17, 15) is 24.5 Å². The molecule has 13 heteroatoms. The fourth-order valence-electron chi connectivity index (χ4n) is 3.77. The summed E-state index contributed by atoms with van der Waals surface area (Å²) in [4.78, 5) is 50.1. The Morgan fingerprint density at radius 2 is 1.52 bits per heavy atom. The normalized spacial score (nSPS) is 10.3. The third-order valence-electron chi connectivity index (χ3n) is 5.88. The fourth-order valence-corrected chi connectivity index (χ4v) is 4.41. The zero-order valence-electron chi connectivity index (χ0n) is 22.5. The number of nitro groups is 1. The first-order chi connectivity index (χ1) is 20.3. The van der Waals surface area contributed by atoms with E-state index in [2.05, 4.69) is 16.0 Å². The largest absolute Gasteiger partial charge is 0.497 e. The topological polar surface area (TPSA) is 158 Å². The Morgan fingerprint density at radius 1 is 0.833 bits per heavy atom. The van der Waals surface area contributed by atoms with Gasteiger partial charge in [0.15, 0.2) is 0 Å². The van der Waals surface area contributed by atoms with Gasteiger partial charge in [-0.2, -0.15) is 0 Å². The number of carbonyl (C=O) groups excluding carboxylic acids is 3. The van der Waals surface area contributed by atoms with Crippen LogP contribution < -0.4 is 30.2 Å². The predicted octanol–water partition coefficient (Wildman–Crippen LogP) is 4.99. The standard InChI is InChI=1S/C29H26N4O8S/c1-39-20-8-5-18(6-9-20)31-27(34)22-11-7-19(33(37)38)16-24(22)32-28(35)23-12-10-21(40-2)17-25(23)41-14-13-30-29(36)26-4-3-15-42-26/h3-12,15-17H,13-14H2,1-2H3,(H,30,36)(H,31,34)(H,32,35). The van der Waals surface area contributed by atoms with E-state index in [0.29, 0.717) is 22.1 Å². The minimum Gasteiger partial charge on any atom is -0.497 e. The van der Waals surface area contributed by atoms with Gasteiger partial charge in [-0.3, -0.25) is 24.5 Å². The average molecular weight is 591 g/mol.